The van der Waals surface area contributed by atoms with Gasteiger partial charge in [0.25, 0.3) is 11.7 Å². The number of aryl methyl sites for hydroxylation is 3. The van der Waals surface area contributed by atoms with Crippen molar-refractivity contribution in [3.05, 3.63) is 58.7 Å². The maximum Gasteiger partial charge on any atom is 0.291 e. The lowest BCUT2D eigenvalue weighted by atomic mass is 9.88. The zero-order chi connectivity index (χ0) is 16.7. The number of amides is 1. The molecule has 3 aromatic rings. The van der Waals surface area contributed by atoms with Crippen molar-refractivity contribution >= 4 is 11.7 Å². The van der Waals surface area contributed by atoms with Crippen LogP contribution < -0.4 is 5.32 Å². The van der Waals surface area contributed by atoms with Crippen LogP contribution in [-0.4, -0.2) is 25.5 Å². The summed E-state index contributed by atoms with van der Waals surface area (Å²) in [6.45, 7) is 3.83. The molecule has 4 rings (SSSR count). The minimum Gasteiger partial charge on any atom is -0.342 e. The predicted molar refractivity (Wildman–Crippen MR) is 89.8 cm³/mol. The topological polar surface area (TPSA) is 72.2 Å². The maximum absolute atomic E-state index is 12.6. The minimum atomic E-state index is -0.251. The molecule has 1 aliphatic rings. The van der Waals surface area contributed by atoms with Crippen molar-refractivity contribution in [3.63, 3.8) is 0 Å². The molecule has 1 atom stereocenters. The normalized spacial score (nSPS) is 16.8. The third-order valence-corrected chi connectivity index (χ3v) is 4.50. The first kappa shape index (κ1) is 14.8. The maximum atomic E-state index is 12.6. The van der Waals surface area contributed by atoms with Gasteiger partial charge in [0.05, 0.1) is 6.04 Å². The second-order valence-corrected chi connectivity index (χ2v) is 6.30. The number of nitrogens with zero attached hydrogens (tertiary/aromatic N) is 4. The van der Waals surface area contributed by atoms with Crippen molar-refractivity contribution in [3.8, 4) is 0 Å². The monoisotopic (exact) mass is 321 g/mol. The Labute approximate surface area is 139 Å². The van der Waals surface area contributed by atoms with E-state index in [0.717, 1.165) is 30.7 Å². The quantitative estimate of drug-likeness (QED) is 0.787. The van der Waals surface area contributed by atoms with Gasteiger partial charge in [-0.15, -0.1) is 5.10 Å². The third kappa shape index (κ3) is 2.54. The number of fused-ring (bicyclic) bond motifs is 2. The van der Waals surface area contributed by atoms with Gasteiger partial charge in [0.1, 0.15) is 0 Å². The van der Waals surface area contributed by atoms with Gasteiger partial charge in [-0.2, -0.15) is 4.98 Å². The molecule has 0 aliphatic heterocycles. The average molecular weight is 321 g/mol. The standard InChI is InChI=1S/C18H19N5O/c1-11-10-12(2)23-18(19-11)21-16(22-23)17(24)20-15-9-5-7-13-6-3-4-8-14(13)15/h3-4,6,8,10,15H,5,7,9H2,1-2H3,(H,20,24)/t15-/m1/s1. The molecule has 0 saturated heterocycles. The fourth-order valence-electron chi connectivity index (χ4n) is 3.39. The van der Waals surface area contributed by atoms with Crippen molar-refractivity contribution in [2.75, 3.05) is 0 Å². The second-order valence-electron chi connectivity index (χ2n) is 6.30. The molecule has 1 aromatic carbocycles. The molecule has 0 unspecified atom stereocenters. The molecule has 0 bridgehead atoms. The Morgan fingerprint density at radius 2 is 2.08 bits per heavy atom. The summed E-state index contributed by atoms with van der Waals surface area (Å²) in [7, 11) is 0. The Kier molecular flexibility index (Phi) is 3.52. The average Bonchev–Trinajstić information content (AvgIpc) is 3.00. The number of carbonyl (C=O) groups is 1. The molecule has 24 heavy (non-hydrogen) atoms. The highest BCUT2D eigenvalue weighted by Crippen LogP contribution is 2.29. The van der Waals surface area contributed by atoms with Gasteiger partial charge in [-0.05, 0) is 50.3 Å². The van der Waals surface area contributed by atoms with Crippen LogP contribution in [0.1, 0.15) is 52.0 Å². The van der Waals surface area contributed by atoms with Gasteiger partial charge in [0, 0.05) is 11.4 Å². The van der Waals surface area contributed by atoms with E-state index in [9.17, 15) is 4.79 Å². The van der Waals surface area contributed by atoms with E-state index in [0.29, 0.717) is 5.78 Å². The molecule has 1 amide bonds. The number of carbonyl (C=O) groups excluding carboxylic acids is 1. The molecule has 0 spiro atoms. The third-order valence-electron chi connectivity index (χ3n) is 4.50. The first-order valence-electron chi connectivity index (χ1n) is 8.21. The number of hydrogen-bond donors (Lipinski definition) is 1. The Morgan fingerprint density at radius 3 is 2.96 bits per heavy atom. The van der Waals surface area contributed by atoms with E-state index in [-0.39, 0.29) is 17.8 Å². The molecule has 0 saturated carbocycles. The summed E-state index contributed by atoms with van der Waals surface area (Å²) in [6.07, 6.45) is 3.07. The summed E-state index contributed by atoms with van der Waals surface area (Å²) < 4.78 is 1.61. The smallest absolute Gasteiger partial charge is 0.291 e. The van der Waals surface area contributed by atoms with E-state index < -0.39 is 0 Å². The van der Waals surface area contributed by atoms with Crippen molar-refractivity contribution < 1.29 is 4.79 Å². The Balaban J connectivity index is 1.62. The van der Waals surface area contributed by atoms with Gasteiger partial charge in [0.2, 0.25) is 5.82 Å². The molecule has 1 aliphatic carbocycles. The molecule has 2 heterocycles. The Hall–Kier alpha value is -2.76. The highest BCUT2D eigenvalue weighted by Gasteiger charge is 2.24. The highest BCUT2D eigenvalue weighted by atomic mass is 16.2. The Morgan fingerprint density at radius 1 is 1.25 bits per heavy atom. The summed E-state index contributed by atoms with van der Waals surface area (Å²) in [5.41, 5.74) is 4.28. The zero-order valence-corrected chi connectivity index (χ0v) is 13.8. The van der Waals surface area contributed by atoms with Crippen molar-refractivity contribution in [2.24, 2.45) is 0 Å². The molecule has 0 radical (unpaired) electrons. The van der Waals surface area contributed by atoms with Crippen LogP contribution in [0.5, 0.6) is 0 Å². The fraction of sp³-hybridized carbons (Fsp3) is 0.333. The van der Waals surface area contributed by atoms with Crippen LogP contribution in [0.2, 0.25) is 0 Å². The SMILES string of the molecule is Cc1cc(C)n2nc(C(=O)N[C@@H]3CCCc4ccccc43)nc2n1. The van der Waals surface area contributed by atoms with Crippen molar-refractivity contribution in [2.45, 2.75) is 39.2 Å². The fourth-order valence-corrected chi connectivity index (χ4v) is 3.39. The van der Waals surface area contributed by atoms with Gasteiger partial charge < -0.3 is 5.32 Å². The van der Waals surface area contributed by atoms with Crippen LogP contribution in [0, 0.1) is 13.8 Å². The lowest BCUT2D eigenvalue weighted by molar-refractivity contribution is 0.0922. The highest BCUT2D eigenvalue weighted by molar-refractivity contribution is 5.91. The van der Waals surface area contributed by atoms with Gasteiger partial charge in [0.15, 0.2) is 0 Å². The van der Waals surface area contributed by atoms with Crippen LogP contribution in [0.3, 0.4) is 0 Å². The van der Waals surface area contributed by atoms with E-state index in [2.05, 4.69) is 32.5 Å². The van der Waals surface area contributed by atoms with Crippen LogP contribution >= 0.6 is 0 Å². The van der Waals surface area contributed by atoms with E-state index in [1.807, 2.05) is 32.0 Å². The van der Waals surface area contributed by atoms with Gasteiger partial charge in [-0.3, -0.25) is 4.79 Å². The molecule has 6 heteroatoms. The molecular formula is C18H19N5O. The van der Waals surface area contributed by atoms with Crippen LogP contribution in [0.4, 0.5) is 0 Å². The molecule has 1 N–H and O–H groups in total. The number of benzene rings is 1. The van der Waals surface area contributed by atoms with E-state index in [1.165, 1.54) is 11.1 Å². The van der Waals surface area contributed by atoms with E-state index >= 15 is 0 Å². The van der Waals surface area contributed by atoms with Crippen LogP contribution in [0.25, 0.3) is 5.78 Å². The number of nitrogens with one attached hydrogen (secondary N) is 1. The summed E-state index contributed by atoms with van der Waals surface area (Å²) in [5.74, 6) is 0.375. The van der Waals surface area contributed by atoms with Gasteiger partial charge in [-0.25, -0.2) is 9.50 Å². The summed E-state index contributed by atoms with van der Waals surface area (Å²) in [5, 5.41) is 7.39. The molecule has 2 aromatic heterocycles. The first-order valence-corrected chi connectivity index (χ1v) is 8.21. The lowest BCUT2D eigenvalue weighted by Crippen LogP contribution is -2.31. The van der Waals surface area contributed by atoms with Crippen LogP contribution in [-0.2, 0) is 6.42 Å². The molecule has 122 valence electrons. The summed E-state index contributed by atoms with van der Waals surface area (Å²) in [6, 6.07) is 10.2. The number of rotatable bonds is 2. The summed E-state index contributed by atoms with van der Waals surface area (Å²) in [4.78, 5) is 21.2. The predicted octanol–water partition coefficient (Wildman–Crippen LogP) is 2.55. The first-order chi connectivity index (χ1) is 11.6. The lowest BCUT2D eigenvalue weighted by Gasteiger charge is -2.25. The van der Waals surface area contributed by atoms with E-state index in [4.69, 9.17) is 0 Å². The minimum absolute atomic E-state index is 0.0184. The second kappa shape index (κ2) is 5.70. The van der Waals surface area contributed by atoms with E-state index in [1.54, 1.807) is 4.52 Å². The molecular weight excluding hydrogens is 302 g/mol. The molecule has 0 fully saturated rings. The van der Waals surface area contributed by atoms with Crippen LogP contribution in [0.15, 0.2) is 30.3 Å². The Bertz CT molecular complexity index is 930. The molecule has 6 nitrogen and oxygen atoms in total. The number of aromatic nitrogens is 4. The zero-order valence-electron chi connectivity index (χ0n) is 13.8. The van der Waals surface area contributed by atoms with Crippen molar-refractivity contribution in [1.82, 2.24) is 24.9 Å². The van der Waals surface area contributed by atoms with Crippen molar-refractivity contribution in [1.29, 1.82) is 0 Å². The van der Waals surface area contributed by atoms with Gasteiger partial charge in [-0.1, -0.05) is 24.3 Å². The number of hydrogen-bond acceptors (Lipinski definition) is 4. The summed E-state index contributed by atoms with van der Waals surface area (Å²) >= 11 is 0. The largest absolute Gasteiger partial charge is 0.342 e. The van der Waals surface area contributed by atoms with Gasteiger partial charge >= 0.3 is 0 Å².